The molecule has 4 aromatic rings. The van der Waals surface area contributed by atoms with Crippen molar-refractivity contribution < 1.29 is 9.53 Å². The topological polar surface area (TPSA) is 164 Å². The molecule has 4 aromatic heterocycles. The number of pyridine rings is 1. The number of amides is 1. The van der Waals surface area contributed by atoms with Gasteiger partial charge in [-0.3, -0.25) is 4.90 Å². The standard InChI is InChI=1S/C18H23N11O2S2/c30-18(31-9-3-1-2-4-14-21-25-26-22-14)29(10-12(32)5-7-15-23-27-28-24-15)16-8-6-13-17(20-16)33-11-19-13/h6,8,11-12,32H,1-5,7,9-10H2,(H,21,22,25,26)(H,23,24,27,28). The van der Waals surface area contributed by atoms with Crippen LogP contribution in [0.2, 0.25) is 0 Å². The Bertz CT molecular complexity index is 1120. The van der Waals surface area contributed by atoms with E-state index in [0.29, 0.717) is 43.5 Å². The van der Waals surface area contributed by atoms with Gasteiger partial charge in [0.15, 0.2) is 11.6 Å². The molecule has 0 radical (unpaired) electrons. The van der Waals surface area contributed by atoms with Gasteiger partial charge in [0, 0.05) is 24.6 Å². The molecule has 0 spiro atoms. The largest absolute Gasteiger partial charge is 0.449 e. The molecule has 0 aromatic carbocycles. The van der Waals surface area contributed by atoms with Crippen molar-refractivity contribution in [2.75, 3.05) is 18.1 Å². The average Bonchev–Trinajstić information content (AvgIpc) is 3.60. The van der Waals surface area contributed by atoms with Gasteiger partial charge in [-0.25, -0.2) is 14.8 Å². The van der Waals surface area contributed by atoms with Gasteiger partial charge in [-0.15, -0.1) is 31.7 Å². The lowest BCUT2D eigenvalue weighted by Crippen LogP contribution is -2.37. The van der Waals surface area contributed by atoms with Crippen molar-refractivity contribution in [2.24, 2.45) is 0 Å². The molecular formula is C18H23N11O2S2. The lowest BCUT2D eigenvalue weighted by Gasteiger charge is -2.24. The lowest BCUT2D eigenvalue weighted by molar-refractivity contribution is 0.151. The molecule has 0 fully saturated rings. The molecule has 0 bridgehead atoms. The second kappa shape index (κ2) is 11.6. The molecule has 33 heavy (non-hydrogen) atoms. The molecule has 0 aliphatic heterocycles. The van der Waals surface area contributed by atoms with E-state index in [1.807, 2.05) is 6.07 Å². The Morgan fingerprint density at radius 3 is 2.64 bits per heavy atom. The van der Waals surface area contributed by atoms with Gasteiger partial charge in [0.1, 0.15) is 16.2 Å². The number of aromatic amines is 2. The molecule has 2 N–H and O–H groups in total. The number of thiol groups is 1. The summed E-state index contributed by atoms with van der Waals surface area (Å²) in [6.45, 7) is 0.638. The number of aromatic nitrogens is 10. The minimum atomic E-state index is -0.455. The first-order valence-electron chi connectivity index (χ1n) is 10.5. The van der Waals surface area contributed by atoms with Crippen LogP contribution in [-0.4, -0.2) is 75.7 Å². The molecule has 13 nitrogen and oxygen atoms in total. The van der Waals surface area contributed by atoms with Crippen LogP contribution in [0.1, 0.15) is 37.3 Å². The fourth-order valence-electron chi connectivity index (χ4n) is 3.13. The van der Waals surface area contributed by atoms with E-state index >= 15 is 0 Å². The number of nitrogens with one attached hydrogen (secondary N) is 2. The highest BCUT2D eigenvalue weighted by Gasteiger charge is 2.22. The molecule has 0 saturated carbocycles. The van der Waals surface area contributed by atoms with E-state index in [9.17, 15) is 4.79 Å². The number of hydrogen-bond donors (Lipinski definition) is 3. The van der Waals surface area contributed by atoms with E-state index in [0.717, 1.165) is 36.0 Å². The summed E-state index contributed by atoms with van der Waals surface area (Å²) in [5.74, 6) is 1.80. The number of aryl methyl sites for hydroxylation is 2. The molecule has 1 amide bonds. The smallest absolute Gasteiger partial charge is 0.415 e. The number of H-pyrrole nitrogens is 2. The van der Waals surface area contributed by atoms with E-state index in [1.54, 1.807) is 11.6 Å². The Balaban J connectivity index is 1.32. The molecule has 4 rings (SSSR count). The van der Waals surface area contributed by atoms with Crippen molar-refractivity contribution in [3.05, 3.63) is 29.3 Å². The molecule has 0 aliphatic carbocycles. The zero-order valence-corrected chi connectivity index (χ0v) is 19.4. The van der Waals surface area contributed by atoms with Crippen molar-refractivity contribution >= 4 is 46.2 Å². The zero-order valence-electron chi connectivity index (χ0n) is 17.7. The van der Waals surface area contributed by atoms with Gasteiger partial charge in [-0.2, -0.15) is 23.1 Å². The highest BCUT2D eigenvalue weighted by molar-refractivity contribution is 7.81. The molecule has 1 atom stereocenters. The van der Waals surface area contributed by atoms with Crippen LogP contribution >= 0.6 is 24.0 Å². The van der Waals surface area contributed by atoms with Crippen LogP contribution in [0, 0.1) is 0 Å². The molecular weight excluding hydrogens is 466 g/mol. The second-order valence-corrected chi connectivity index (χ2v) is 8.79. The molecule has 0 saturated heterocycles. The number of ether oxygens (including phenoxy) is 1. The zero-order chi connectivity index (χ0) is 22.9. The maximum Gasteiger partial charge on any atom is 0.415 e. The monoisotopic (exact) mass is 489 g/mol. The van der Waals surface area contributed by atoms with Crippen LogP contribution < -0.4 is 4.90 Å². The summed E-state index contributed by atoms with van der Waals surface area (Å²) in [5, 5.41) is 27.6. The van der Waals surface area contributed by atoms with Gasteiger partial charge in [-0.05, 0) is 37.8 Å². The number of thiazole rings is 1. The summed E-state index contributed by atoms with van der Waals surface area (Å²) in [5.41, 5.74) is 2.52. The number of nitrogens with zero attached hydrogens (tertiary/aromatic N) is 9. The summed E-state index contributed by atoms with van der Waals surface area (Å²) in [4.78, 5) is 24.1. The van der Waals surface area contributed by atoms with Crippen LogP contribution in [0.15, 0.2) is 17.6 Å². The third kappa shape index (κ3) is 6.64. The second-order valence-electron chi connectivity index (χ2n) is 7.23. The van der Waals surface area contributed by atoms with Gasteiger partial charge in [0.2, 0.25) is 0 Å². The van der Waals surface area contributed by atoms with E-state index in [2.05, 4.69) is 63.8 Å². The van der Waals surface area contributed by atoms with Crippen molar-refractivity contribution in [1.82, 2.24) is 51.2 Å². The number of fused-ring (bicyclic) bond motifs is 1. The molecule has 1 unspecified atom stereocenters. The maximum atomic E-state index is 13.0. The highest BCUT2D eigenvalue weighted by Crippen LogP contribution is 2.22. The van der Waals surface area contributed by atoms with Gasteiger partial charge < -0.3 is 4.74 Å². The minimum absolute atomic E-state index is 0.134. The van der Waals surface area contributed by atoms with Crippen LogP contribution in [0.4, 0.5) is 10.6 Å². The van der Waals surface area contributed by atoms with Gasteiger partial charge >= 0.3 is 6.09 Å². The molecule has 4 heterocycles. The normalized spacial score (nSPS) is 12.2. The van der Waals surface area contributed by atoms with Gasteiger partial charge in [0.05, 0.1) is 12.1 Å². The van der Waals surface area contributed by atoms with Crippen molar-refractivity contribution in [3.63, 3.8) is 0 Å². The quantitative estimate of drug-likeness (QED) is 0.198. The highest BCUT2D eigenvalue weighted by atomic mass is 32.1. The summed E-state index contributed by atoms with van der Waals surface area (Å²) < 4.78 is 5.55. The number of carbonyl (C=O) groups is 1. The summed E-state index contributed by atoms with van der Waals surface area (Å²) in [7, 11) is 0. The number of carbonyl (C=O) groups excluding carboxylic acids is 1. The summed E-state index contributed by atoms with van der Waals surface area (Å²) in [6, 6.07) is 3.62. The summed E-state index contributed by atoms with van der Waals surface area (Å²) >= 11 is 6.08. The number of hydrogen-bond acceptors (Lipinski definition) is 12. The Morgan fingerprint density at radius 1 is 1.09 bits per heavy atom. The first-order chi connectivity index (χ1) is 16.2. The Kier molecular flexibility index (Phi) is 8.08. The van der Waals surface area contributed by atoms with E-state index < -0.39 is 6.09 Å². The van der Waals surface area contributed by atoms with Gasteiger partial charge in [-0.1, -0.05) is 10.4 Å². The van der Waals surface area contributed by atoms with Crippen LogP contribution in [0.25, 0.3) is 10.3 Å². The fraction of sp³-hybridized carbons (Fsp3) is 0.500. The number of anilines is 1. The van der Waals surface area contributed by atoms with Crippen LogP contribution in [0.5, 0.6) is 0 Å². The Hall–Kier alpha value is -3.20. The SMILES string of the molecule is O=C(OCCCCCc1nn[nH]n1)N(CC(S)CCc1nn[nH]n1)c1ccc2ncsc2n1. The third-order valence-corrected chi connectivity index (χ3v) is 5.98. The van der Waals surface area contributed by atoms with Crippen LogP contribution in [-0.2, 0) is 17.6 Å². The first kappa shape index (κ1) is 23.0. The van der Waals surface area contributed by atoms with Crippen molar-refractivity contribution in [1.29, 1.82) is 0 Å². The predicted molar refractivity (Wildman–Crippen MR) is 123 cm³/mol. The van der Waals surface area contributed by atoms with Crippen molar-refractivity contribution in [3.8, 4) is 0 Å². The van der Waals surface area contributed by atoms with E-state index in [1.165, 1.54) is 16.2 Å². The molecule has 0 aliphatic rings. The number of tetrazole rings is 2. The molecule has 174 valence electrons. The lowest BCUT2D eigenvalue weighted by atomic mass is 10.2. The average molecular weight is 490 g/mol. The minimum Gasteiger partial charge on any atom is -0.449 e. The van der Waals surface area contributed by atoms with Crippen molar-refractivity contribution in [2.45, 2.75) is 43.8 Å². The maximum absolute atomic E-state index is 13.0. The van der Waals surface area contributed by atoms with Gasteiger partial charge in [0.25, 0.3) is 0 Å². The number of rotatable bonds is 12. The third-order valence-electron chi connectivity index (χ3n) is 4.82. The Morgan fingerprint density at radius 2 is 1.88 bits per heavy atom. The van der Waals surface area contributed by atoms with Crippen LogP contribution in [0.3, 0.4) is 0 Å². The summed E-state index contributed by atoms with van der Waals surface area (Å²) in [6.07, 6.45) is 4.04. The first-order valence-corrected chi connectivity index (χ1v) is 11.9. The fourth-order valence-corrected chi connectivity index (χ4v) is 4.07. The predicted octanol–water partition coefficient (Wildman–Crippen LogP) is 2.00. The Labute approximate surface area is 198 Å². The van der Waals surface area contributed by atoms with E-state index in [4.69, 9.17) is 4.74 Å². The number of unbranched alkanes of at least 4 members (excludes halogenated alkanes) is 2. The van der Waals surface area contributed by atoms with E-state index in [-0.39, 0.29) is 5.25 Å². The molecule has 15 heteroatoms.